The SMILES string of the molecule is CC(C)(C)OC(=O)NCCCCCCCCCC(=O)CC(=O)NC1CCOC1=O. The fourth-order valence-electron chi connectivity index (χ4n) is 2.98. The number of hydrogen-bond donors (Lipinski definition) is 2. The maximum Gasteiger partial charge on any atom is 0.407 e. The zero-order chi connectivity index (χ0) is 21.7. The standard InChI is InChI=1S/C21H36N2O6/c1-21(2,3)29-20(27)22-13-10-8-6-4-5-7-9-11-16(24)15-18(25)23-17-12-14-28-19(17)26/h17H,4-15H2,1-3H3,(H,22,27)(H,23,25). The lowest BCUT2D eigenvalue weighted by Gasteiger charge is -2.19. The fraction of sp³-hybridized carbons (Fsp3) is 0.810. The Balaban J connectivity index is 1.91. The Labute approximate surface area is 173 Å². The van der Waals surface area contributed by atoms with Crippen molar-refractivity contribution in [2.45, 2.75) is 96.6 Å². The Morgan fingerprint density at radius 1 is 1.03 bits per heavy atom. The van der Waals surface area contributed by atoms with Crippen LogP contribution in [0.4, 0.5) is 4.79 Å². The summed E-state index contributed by atoms with van der Waals surface area (Å²) in [6.45, 7) is 6.44. The summed E-state index contributed by atoms with van der Waals surface area (Å²) in [5.74, 6) is -0.924. The smallest absolute Gasteiger partial charge is 0.407 e. The molecule has 1 aliphatic rings. The highest BCUT2D eigenvalue weighted by atomic mass is 16.6. The molecule has 0 spiro atoms. The molecule has 8 nitrogen and oxygen atoms in total. The molecule has 1 aliphatic heterocycles. The van der Waals surface area contributed by atoms with E-state index in [0.717, 1.165) is 44.9 Å². The van der Waals surface area contributed by atoms with E-state index in [9.17, 15) is 19.2 Å². The highest BCUT2D eigenvalue weighted by molar-refractivity contribution is 5.99. The zero-order valence-electron chi connectivity index (χ0n) is 18.0. The number of rotatable bonds is 13. The summed E-state index contributed by atoms with van der Waals surface area (Å²) < 4.78 is 9.94. The van der Waals surface area contributed by atoms with Gasteiger partial charge in [-0.05, 0) is 33.6 Å². The molecule has 2 N–H and O–H groups in total. The number of ketones is 1. The minimum absolute atomic E-state index is 0.0953. The van der Waals surface area contributed by atoms with E-state index < -0.39 is 23.5 Å². The molecular weight excluding hydrogens is 376 g/mol. The molecule has 1 atom stereocenters. The normalized spacial score (nSPS) is 16.2. The summed E-state index contributed by atoms with van der Waals surface area (Å²) in [5.41, 5.74) is -0.473. The molecule has 1 rings (SSSR count). The molecule has 1 fully saturated rings. The number of carbonyl (C=O) groups is 4. The van der Waals surface area contributed by atoms with Gasteiger partial charge in [-0.2, -0.15) is 0 Å². The predicted molar refractivity (Wildman–Crippen MR) is 108 cm³/mol. The highest BCUT2D eigenvalue weighted by Gasteiger charge is 2.28. The number of ether oxygens (including phenoxy) is 2. The van der Waals surface area contributed by atoms with Gasteiger partial charge in [0, 0.05) is 19.4 Å². The molecule has 2 amide bonds. The first-order valence-corrected chi connectivity index (χ1v) is 10.6. The van der Waals surface area contributed by atoms with E-state index in [1.165, 1.54) is 0 Å². The number of hydrogen-bond acceptors (Lipinski definition) is 6. The summed E-state index contributed by atoms with van der Waals surface area (Å²) in [4.78, 5) is 46.4. The van der Waals surface area contributed by atoms with Gasteiger partial charge in [0.2, 0.25) is 5.91 Å². The average Bonchev–Trinajstić information content (AvgIpc) is 2.99. The van der Waals surface area contributed by atoms with Crippen molar-refractivity contribution in [3.8, 4) is 0 Å². The van der Waals surface area contributed by atoms with Gasteiger partial charge < -0.3 is 20.1 Å². The maximum absolute atomic E-state index is 11.8. The van der Waals surface area contributed by atoms with E-state index in [4.69, 9.17) is 9.47 Å². The van der Waals surface area contributed by atoms with Crippen LogP contribution in [0, 0.1) is 0 Å². The van der Waals surface area contributed by atoms with Crippen molar-refractivity contribution < 1.29 is 28.7 Å². The summed E-state index contributed by atoms with van der Waals surface area (Å²) in [5, 5.41) is 5.29. The zero-order valence-corrected chi connectivity index (χ0v) is 18.0. The van der Waals surface area contributed by atoms with Crippen LogP contribution < -0.4 is 10.6 Å². The van der Waals surface area contributed by atoms with Crippen molar-refractivity contribution in [1.82, 2.24) is 10.6 Å². The summed E-state index contributed by atoms with van der Waals surface area (Å²) >= 11 is 0. The summed E-state index contributed by atoms with van der Waals surface area (Å²) in [7, 11) is 0. The van der Waals surface area contributed by atoms with Gasteiger partial charge in [0.25, 0.3) is 0 Å². The number of nitrogens with one attached hydrogen (secondary N) is 2. The molecule has 0 aromatic rings. The second-order valence-corrected chi connectivity index (χ2v) is 8.45. The van der Waals surface area contributed by atoms with Crippen LogP contribution in [0.25, 0.3) is 0 Å². The first-order valence-electron chi connectivity index (χ1n) is 10.6. The molecule has 0 bridgehead atoms. The van der Waals surface area contributed by atoms with Gasteiger partial charge in [0.15, 0.2) is 0 Å². The van der Waals surface area contributed by atoms with E-state index in [1.54, 1.807) is 0 Å². The van der Waals surface area contributed by atoms with Crippen molar-refractivity contribution >= 4 is 23.8 Å². The summed E-state index contributed by atoms with van der Waals surface area (Å²) in [6.07, 6.45) is 7.23. The Kier molecular flexibility index (Phi) is 11.3. The van der Waals surface area contributed by atoms with Crippen LogP contribution in [-0.4, -0.2) is 48.5 Å². The number of unbranched alkanes of at least 4 members (excludes halogenated alkanes) is 6. The molecule has 1 unspecified atom stereocenters. The average molecular weight is 413 g/mol. The van der Waals surface area contributed by atoms with Crippen molar-refractivity contribution in [3.63, 3.8) is 0 Å². The van der Waals surface area contributed by atoms with Gasteiger partial charge in [-0.1, -0.05) is 32.1 Å². The number of amides is 2. The molecule has 166 valence electrons. The number of cyclic esters (lactones) is 1. The largest absolute Gasteiger partial charge is 0.464 e. The lowest BCUT2D eigenvalue weighted by atomic mass is 10.1. The third kappa shape index (κ3) is 12.9. The van der Waals surface area contributed by atoms with Crippen LogP contribution in [-0.2, 0) is 23.9 Å². The van der Waals surface area contributed by atoms with Crippen molar-refractivity contribution in [3.05, 3.63) is 0 Å². The monoisotopic (exact) mass is 412 g/mol. The molecule has 0 aromatic heterocycles. The molecule has 8 heteroatoms. The fourth-order valence-corrected chi connectivity index (χ4v) is 2.98. The maximum atomic E-state index is 11.8. The van der Waals surface area contributed by atoms with E-state index in [1.807, 2.05) is 20.8 Å². The van der Waals surface area contributed by atoms with Crippen LogP contribution >= 0.6 is 0 Å². The highest BCUT2D eigenvalue weighted by Crippen LogP contribution is 2.11. The molecular formula is C21H36N2O6. The van der Waals surface area contributed by atoms with Crippen LogP contribution in [0.3, 0.4) is 0 Å². The van der Waals surface area contributed by atoms with Gasteiger partial charge in [-0.25, -0.2) is 9.59 Å². The van der Waals surface area contributed by atoms with Crippen molar-refractivity contribution in [1.29, 1.82) is 0 Å². The van der Waals surface area contributed by atoms with Crippen LogP contribution in [0.15, 0.2) is 0 Å². The minimum atomic E-state index is -0.602. The number of Topliss-reactive ketones (excluding diaryl/α,β-unsaturated/α-hetero) is 1. The van der Waals surface area contributed by atoms with Gasteiger partial charge in [0.1, 0.15) is 17.4 Å². The molecule has 0 aliphatic carbocycles. The van der Waals surface area contributed by atoms with Gasteiger partial charge >= 0.3 is 12.1 Å². The van der Waals surface area contributed by atoms with Gasteiger partial charge in [-0.3, -0.25) is 9.59 Å². The van der Waals surface area contributed by atoms with Crippen molar-refractivity contribution in [2.75, 3.05) is 13.2 Å². The van der Waals surface area contributed by atoms with Gasteiger partial charge in [0.05, 0.1) is 13.0 Å². The van der Waals surface area contributed by atoms with Crippen LogP contribution in [0.5, 0.6) is 0 Å². The minimum Gasteiger partial charge on any atom is -0.464 e. The van der Waals surface area contributed by atoms with Gasteiger partial charge in [-0.15, -0.1) is 0 Å². The van der Waals surface area contributed by atoms with E-state index in [2.05, 4.69) is 10.6 Å². The topological polar surface area (TPSA) is 111 Å². The Morgan fingerprint density at radius 3 is 2.24 bits per heavy atom. The van der Waals surface area contributed by atoms with E-state index >= 15 is 0 Å². The second-order valence-electron chi connectivity index (χ2n) is 8.45. The van der Waals surface area contributed by atoms with Crippen LogP contribution in [0.2, 0.25) is 0 Å². The first-order chi connectivity index (χ1) is 13.7. The summed E-state index contributed by atoms with van der Waals surface area (Å²) in [6, 6.07) is -0.602. The Bertz CT molecular complexity index is 556. The molecule has 1 heterocycles. The Hall–Kier alpha value is -2.12. The molecule has 0 saturated carbocycles. The molecule has 0 radical (unpaired) electrons. The molecule has 0 aromatic carbocycles. The quantitative estimate of drug-likeness (QED) is 0.273. The third-order valence-electron chi connectivity index (χ3n) is 4.43. The molecule has 29 heavy (non-hydrogen) atoms. The van der Waals surface area contributed by atoms with Crippen LogP contribution in [0.1, 0.15) is 85.0 Å². The first kappa shape index (κ1) is 24.9. The predicted octanol–water partition coefficient (Wildman–Crippen LogP) is 3.02. The lowest BCUT2D eigenvalue weighted by molar-refractivity contribution is -0.142. The number of carbonyl (C=O) groups excluding carboxylic acids is 4. The lowest BCUT2D eigenvalue weighted by Crippen LogP contribution is -2.38. The Morgan fingerprint density at radius 2 is 1.66 bits per heavy atom. The van der Waals surface area contributed by atoms with Crippen molar-refractivity contribution in [2.24, 2.45) is 0 Å². The van der Waals surface area contributed by atoms with E-state index in [-0.39, 0.29) is 18.3 Å². The number of esters is 1. The third-order valence-corrected chi connectivity index (χ3v) is 4.43. The second kappa shape index (κ2) is 13.2. The molecule has 1 saturated heterocycles. The number of alkyl carbamates (subject to hydrolysis) is 1. The van der Waals surface area contributed by atoms with E-state index in [0.29, 0.717) is 26.0 Å².